The largest absolute Gasteiger partial charge is 0.306 e. The third-order valence-corrected chi connectivity index (χ3v) is 5.77. The smallest absolute Gasteiger partial charge is 0.269 e. The summed E-state index contributed by atoms with van der Waals surface area (Å²) in [5.74, 6) is 0.336. The van der Waals surface area contributed by atoms with E-state index in [1.54, 1.807) is 16.8 Å². The predicted molar refractivity (Wildman–Crippen MR) is 105 cm³/mol. The molecule has 0 bridgehead atoms. The second-order valence-electron chi connectivity index (χ2n) is 6.78. The SMILES string of the molecule is CN1CCC(N(C(=O)c2cccs2)c2ccn(-c3ccc(F)cc3)n2)CC1. The zero-order valence-electron chi connectivity index (χ0n) is 15.1. The van der Waals surface area contributed by atoms with Crippen molar-refractivity contribution in [1.29, 1.82) is 0 Å². The first-order chi connectivity index (χ1) is 13.1. The first-order valence-corrected chi connectivity index (χ1v) is 9.87. The van der Waals surface area contributed by atoms with Gasteiger partial charge >= 0.3 is 0 Å². The molecule has 0 N–H and O–H groups in total. The summed E-state index contributed by atoms with van der Waals surface area (Å²) >= 11 is 1.45. The molecule has 1 saturated heterocycles. The number of hydrogen-bond donors (Lipinski definition) is 0. The highest BCUT2D eigenvalue weighted by atomic mass is 32.1. The fourth-order valence-electron chi connectivity index (χ4n) is 3.41. The molecular formula is C20H21FN4OS. The maximum atomic E-state index is 13.2. The lowest BCUT2D eigenvalue weighted by molar-refractivity contribution is 0.0966. The van der Waals surface area contributed by atoms with Gasteiger partial charge in [0.25, 0.3) is 5.91 Å². The number of piperidine rings is 1. The summed E-state index contributed by atoms with van der Waals surface area (Å²) < 4.78 is 14.9. The van der Waals surface area contributed by atoms with Gasteiger partial charge in [0, 0.05) is 18.3 Å². The maximum Gasteiger partial charge on any atom is 0.269 e. The van der Waals surface area contributed by atoms with Crippen LogP contribution in [0, 0.1) is 5.82 Å². The second kappa shape index (κ2) is 7.62. The topological polar surface area (TPSA) is 41.4 Å². The van der Waals surface area contributed by atoms with Gasteiger partial charge in [-0.3, -0.25) is 9.69 Å². The van der Waals surface area contributed by atoms with Crippen LogP contribution < -0.4 is 4.90 Å². The number of carbonyl (C=O) groups is 1. The van der Waals surface area contributed by atoms with E-state index in [-0.39, 0.29) is 17.8 Å². The summed E-state index contributed by atoms with van der Waals surface area (Å²) in [4.78, 5) is 18.0. The number of amides is 1. The molecule has 3 aromatic rings. The van der Waals surface area contributed by atoms with Gasteiger partial charge in [-0.1, -0.05) is 6.07 Å². The van der Waals surface area contributed by atoms with Gasteiger partial charge in [0.05, 0.1) is 10.6 Å². The highest BCUT2D eigenvalue weighted by Crippen LogP contribution is 2.26. The Morgan fingerprint density at radius 3 is 2.59 bits per heavy atom. The van der Waals surface area contributed by atoms with Crippen LogP contribution in [-0.4, -0.2) is 46.8 Å². The molecule has 0 unspecified atom stereocenters. The second-order valence-corrected chi connectivity index (χ2v) is 7.73. The number of likely N-dealkylation sites (tertiary alicyclic amines) is 1. The van der Waals surface area contributed by atoms with Crippen molar-refractivity contribution in [2.45, 2.75) is 18.9 Å². The van der Waals surface area contributed by atoms with Gasteiger partial charge in [-0.25, -0.2) is 9.07 Å². The van der Waals surface area contributed by atoms with Gasteiger partial charge in [-0.15, -0.1) is 16.4 Å². The summed E-state index contributed by atoms with van der Waals surface area (Å²) in [5, 5.41) is 6.54. The molecule has 3 heterocycles. The molecule has 1 aliphatic rings. The van der Waals surface area contributed by atoms with Gasteiger partial charge < -0.3 is 4.90 Å². The lowest BCUT2D eigenvalue weighted by Crippen LogP contribution is -2.47. The number of carbonyl (C=O) groups excluding carboxylic acids is 1. The van der Waals surface area contributed by atoms with E-state index in [1.807, 2.05) is 34.7 Å². The number of benzene rings is 1. The average Bonchev–Trinajstić information content (AvgIpc) is 3.36. The lowest BCUT2D eigenvalue weighted by atomic mass is 10.0. The minimum absolute atomic E-state index is 0.0103. The first-order valence-electron chi connectivity index (χ1n) is 8.99. The van der Waals surface area contributed by atoms with Gasteiger partial charge in [0.1, 0.15) is 5.82 Å². The lowest BCUT2D eigenvalue weighted by Gasteiger charge is -2.36. The highest BCUT2D eigenvalue weighted by molar-refractivity contribution is 7.12. The zero-order valence-corrected chi connectivity index (χ0v) is 15.9. The van der Waals surface area contributed by atoms with Crippen molar-refractivity contribution in [2.24, 2.45) is 0 Å². The van der Waals surface area contributed by atoms with Crippen LogP contribution in [0.3, 0.4) is 0 Å². The number of halogens is 1. The fourth-order valence-corrected chi connectivity index (χ4v) is 4.07. The van der Waals surface area contributed by atoms with Gasteiger partial charge in [0.15, 0.2) is 5.82 Å². The van der Waals surface area contributed by atoms with E-state index in [1.165, 1.54) is 23.5 Å². The Labute approximate surface area is 161 Å². The van der Waals surface area contributed by atoms with Crippen molar-refractivity contribution in [3.63, 3.8) is 0 Å². The van der Waals surface area contributed by atoms with Gasteiger partial charge in [0.2, 0.25) is 0 Å². The predicted octanol–water partition coefficient (Wildman–Crippen LogP) is 3.81. The molecule has 0 atom stereocenters. The molecule has 140 valence electrons. The molecule has 1 fully saturated rings. The number of thiophene rings is 1. The number of rotatable bonds is 4. The Kier molecular flexibility index (Phi) is 5.05. The summed E-state index contributed by atoms with van der Waals surface area (Å²) in [6.45, 7) is 1.91. The van der Waals surface area contributed by atoms with E-state index in [4.69, 9.17) is 0 Å². The van der Waals surface area contributed by atoms with Crippen LogP contribution in [0.5, 0.6) is 0 Å². The number of hydrogen-bond acceptors (Lipinski definition) is 4. The molecule has 0 radical (unpaired) electrons. The Morgan fingerprint density at radius 1 is 1.19 bits per heavy atom. The van der Waals surface area contributed by atoms with E-state index >= 15 is 0 Å². The number of aromatic nitrogens is 2. The quantitative estimate of drug-likeness (QED) is 0.687. The minimum atomic E-state index is -0.285. The Morgan fingerprint density at radius 2 is 1.93 bits per heavy atom. The molecule has 27 heavy (non-hydrogen) atoms. The molecule has 2 aromatic heterocycles. The fraction of sp³-hybridized carbons (Fsp3) is 0.300. The molecule has 1 aromatic carbocycles. The van der Waals surface area contributed by atoms with Crippen LogP contribution in [0.1, 0.15) is 22.5 Å². The maximum absolute atomic E-state index is 13.2. The van der Waals surface area contributed by atoms with E-state index < -0.39 is 0 Å². The van der Waals surface area contributed by atoms with Gasteiger partial charge in [-0.2, -0.15) is 0 Å². The zero-order chi connectivity index (χ0) is 18.8. The van der Waals surface area contributed by atoms with Crippen LogP contribution >= 0.6 is 11.3 Å². The normalized spacial score (nSPS) is 15.8. The first kappa shape index (κ1) is 17.9. The van der Waals surface area contributed by atoms with E-state index in [0.717, 1.165) is 31.6 Å². The van der Waals surface area contributed by atoms with Gasteiger partial charge in [-0.05, 0) is 68.7 Å². The Hall–Kier alpha value is -2.51. The standard InChI is InChI=1S/C20H21FN4OS/c1-23-11-8-17(9-12-23)25(20(26)18-3-2-14-27-18)19-10-13-24(22-19)16-6-4-15(21)5-7-16/h2-7,10,13-14,17H,8-9,11-12H2,1H3. The van der Waals surface area contributed by atoms with Crippen LogP contribution in [0.15, 0.2) is 54.0 Å². The molecule has 1 aliphatic heterocycles. The Balaban J connectivity index is 1.66. The molecule has 5 nitrogen and oxygen atoms in total. The van der Waals surface area contributed by atoms with E-state index in [9.17, 15) is 9.18 Å². The van der Waals surface area contributed by atoms with Crippen molar-refractivity contribution in [1.82, 2.24) is 14.7 Å². The van der Waals surface area contributed by atoms with Crippen LogP contribution in [0.2, 0.25) is 0 Å². The molecule has 0 saturated carbocycles. The third-order valence-electron chi connectivity index (χ3n) is 4.92. The highest BCUT2D eigenvalue weighted by Gasteiger charge is 2.31. The van der Waals surface area contributed by atoms with Crippen LogP contribution in [0.4, 0.5) is 10.2 Å². The Bertz CT molecular complexity index is 898. The van der Waals surface area contributed by atoms with Crippen molar-refractivity contribution >= 4 is 23.1 Å². The van der Waals surface area contributed by atoms with Crippen molar-refractivity contribution in [3.05, 3.63) is 64.7 Å². The minimum Gasteiger partial charge on any atom is -0.306 e. The van der Waals surface area contributed by atoms with E-state index in [2.05, 4.69) is 17.0 Å². The molecule has 7 heteroatoms. The summed E-state index contributed by atoms with van der Waals surface area (Å²) in [6, 6.07) is 11.9. The monoisotopic (exact) mass is 384 g/mol. The molecule has 0 aliphatic carbocycles. The van der Waals surface area contributed by atoms with Crippen LogP contribution in [0.25, 0.3) is 5.69 Å². The molecule has 4 rings (SSSR count). The third kappa shape index (κ3) is 3.79. The summed E-state index contributed by atoms with van der Waals surface area (Å²) in [6.07, 6.45) is 3.64. The average molecular weight is 384 g/mol. The number of nitrogens with zero attached hydrogens (tertiary/aromatic N) is 4. The van der Waals surface area contributed by atoms with E-state index in [0.29, 0.717) is 10.7 Å². The van der Waals surface area contributed by atoms with Crippen molar-refractivity contribution < 1.29 is 9.18 Å². The van der Waals surface area contributed by atoms with Crippen molar-refractivity contribution in [2.75, 3.05) is 25.0 Å². The summed E-state index contributed by atoms with van der Waals surface area (Å²) in [7, 11) is 2.10. The van der Waals surface area contributed by atoms with Crippen molar-refractivity contribution in [3.8, 4) is 5.69 Å². The number of anilines is 1. The molecule has 0 spiro atoms. The molecule has 1 amide bonds. The molecular weight excluding hydrogens is 363 g/mol. The van der Waals surface area contributed by atoms with Crippen LogP contribution in [-0.2, 0) is 0 Å². The summed E-state index contributed by atoms with van der Waals surface area (Å²) in [5.41, 5.74) is 0.759.